The zero-order valence-corrected chi connectivity index (χ0v) is 12.3. The second kappa shape index (κ2) is 5.35. The van der Waals surface area contributed by atoms with Crippen molar-refractivity contribution in [2.24, 2.45) is 0 Å². The zero-order chi connectivity index (χ0) is 14.9. The van der Waals surface area contributed by atoms with Crippen LogP contribution in [0.15, 0.2) is 27.0 Å². The summed E-state index contributed by atoms with van der Waals surface area (Å²) < 4.78 is 31.8. The minimum absolute atomic E-state index is 0.0289. The van der Waals surface area contributed by atoms with Gasteiger partial charge >= 0.3 is 5.97 Å². The van der Waals surface area contributed by atoms with Crippen LogP contribution in [0, 0.1) is 6.92 Å². The molecule has 0 fully saturated rings. The lowest BCUT2D eigenvalue weighted by Gasteiger charge is -2.10. The zero-order valence-electron chi connectivity index (χ0n) is 10.7. The quantitative estimate of drug-likeness (QED) is 0.870. The molecule has 2 rings (SSSR count). The summed E-state index contributed by atoms with van der Waals surface area (Å²) in [5.74, 6) is -1.70. The van der Waals surface area contributed by atoms with E-state index in [1.807, 2.05) is 0 Å². The predicted octanol–water partition coefficient (Wildman–Crippen LogP) is 1.78. The molecule has 2 N–H and O–H groups in total. The molecule has 0 radical (unpaired) electrons. The molecule has 9 heteroatoms. The number of carboxylic acids is 1. The van der Waals surface area contributed by atoms with E-state index in [-0.39, 0.29) is 10.7 Å². The fourth-order valence-corrected chi connectivity index (χ4v) is 3.74. The predicted molar refractivity (Wildman–Crippen MR) is 71.3 cm³/mol. The largest absolute Gasteiger partial charge is 0.475 e. The molecule has 108 valence electrons. The van der Waals surface area contributed by atoms with Gasteiger partial charge in [0.05, 0.1) is 6.04 Å². The third-order valence-corrected chi connectivity index (χ3v) is 5.13. The molecule has 1 unspecified atom stereocenters. The van der Waals surface area contributed by atoms with Crippen LogP contribution in [0.4, 0.5) is 0 Å². The number of carbonyl (C=O) groups is 1. The van der Waals surface area contributed by atoms with E-state index in [1.165, 1.54) is 18.3 Å². The number of hydrogen-bond donors (Lipinski definition) is 2. The molecular formula is C11H12N2O5S2. The van der Waals surface area contributed by atoms with E-state index in [1.54, 1.807) is 18.5 Å². The minimum atomic E-state index is -3.87. The molecule has 2 aromatic heterocycles. The molecule has 20 heavy (non-hydrogen) atoms. The van der Waals surface area contributed by atoms with E-state index >= 15 is 0 Å². The second-order valence-electron chi connectivity index (χ2n) is 4.05. The first-order chi connectivity index (χ1) is 9.31. The summed E-state index contributed by atoms with van der Waals surface area (Å²) in [5.41, 5.74) is 0. The average molecular weight is 316 g/mol. The fraction of sp³-hybridized carbons (Fsp3) is 0.273. The van der Waals surface area contributed by atoms with Gasteiger partial charge in [-0.15, -0.1) is 11.3 Å². The third-order valence-electron chi connectivity index (χ3n) is 2.53. The van der Waals surface area contributed by atoms with Crippen LogP contribution in [0.2, 0.25) is 0 Å². The van der Waals surface area contributed by atoms with Gasteiger partial charge in [-0.1, -0.05) is 0 Å². The van der Waals surface area contributed by atoms with E-state index in [0.717, 1.165) is 6.07 Å². The Hall–Kier alpha value is -1.71. The Kier molecular flexibility index (Phi) is 3.93. The molecule has 0 aromatic carbocycles. The number of aromatic nitrogens is 1. The Morgan fingerprint density at radius 3 is 2.75 bits per heavy atom. The van der Waals surface area contributed by atoms with Gasteiger partial charge in [0, 0.05) is 17.6 Å². The minimum Gasteiger partial charge on any atom is -0.475 e. The summed E-state index contributed by atoms with van der Waals surface area (Å²) in [6.45, 7) is 3.05. The number of rotatable bonds is 5. The van der Waals surface area contributed by atoms with Gasteiger partial charge in [-0.2, -0.15) is 0 Å². The molecule has 0 bridgehead atoms. The van der Waals surface area contributed by atoms with Crippen molar-refractivity contribution in [3.63, 3.8) is 0 Å². The molecule has 0 aliphatic heterocycles. The molecule has 0 aliphatic carbocycles. The standard InChI is InChI=1S/C11H12N2O5S2/c1-6(10-12-3-4-19-10)13-20(16,17)9-5-8(11(14)15)18-7(9)2/h3-6,13H,1-2H3,(H,14,15). The second-order valence-corrected chi connectivity index (χ2v) is 6.66. The smallest absolute Gasteiger partial charge is 0.371 e. The number of furan rings is 1. The van der Waals surface area contributed by atoms with Gasteiger partial charge in [-0.3, -0.25) is 0 Å². The van der Waals surface area contributed by atoms with Gasteiger partial charge in [-0.25, -0.2) is 22.9 Å². The fourth-order valence-electron chi connectivity index (χ4n) is 1.63. The van der Waals surface area contributed by atoms with Crippen molar-refractivity contribution in [2.75, 3.05) is 0 Å². The van der Waals surface area contributed by atoms with Gasteiger partial charge in [-0.05, 0) is 13.8 Å². The highest BCUT2D eigenvalue weighted by Gasteiger charge is 2.26. The number of aromatic carboxylic acids is 1. The molecule has 0 amide bonds. The van der Waals surface area contributed by atoms with Crippen LogP contribution in [-0.2, 0) is 10.0 Å². The summed E-state index contributed by atoms with van der Waals surface area (Å²) in [6.07, 6.45) is 1.58. The Morgan fingerprint density at radius 1 is 1.55 bits per heavy atom. The van der Waals surface area contributed by atoms with Crippen LogP contribution in [0.1, 0.15) is 34.3 Å². The molecule has 2 aromatic rings. The number of aryl methyl sites for hydroxylation is 1. The summed E-state index contributed by atoms with van der Waals surface area (Å²) >= 11 is 1.33. The van der Waals surface area contributed by atoms with Gasteiger partial charge < -0.3 is 9.52 Å². The topological polar surface area (TPSA) is 109 Å². The maximum Gasteiger partial charge on any atom is 0.371 e. The molecular weight excluding hydrogens is 304 g/mol. The van der Waals surface area contributed by atoms with Crippen molar-refractivity contribution >= 4 is 27.3 Å². The van der Waals surface area contributed by atoms with E-state index in [4.69, 9.17) is 9.52 Å². The number of nitrogens with one attached hydrogen (secondary N) is 1. The first kappa shape index (κ1) is 14.7. The van der Waals surface area contributed by atoms with Gasteiger partial charge in [0.1, 0.15) is 15.7 Å². The Balaban J connectivity index is 2.29. The Labute approximate surface area is 119 Å². The number of carboxylic acid groups (broad SMARTS) is 1. The maximum atomic E-state index is 12.2. The lowest BCUT2D eigenvalue weighted by atomic mass is 10.4. The Morgan fingerprint density at radius 2 is 2.25 bits per heavy atom. The van der Waals surface area contributed by atoms with Crippen LogP contribution >= 0.6 is 11.3 Å². The van der Waals surface area contributed by atoms with Crippen molar-refractivity contribution in [3.05, 3.63) is 34.2 Å². The van der Waals surface area contributed by atoms with Crippen LogP contribution in [0.25, 0.3) is 0 Å². The van der Waals surface area contributed by atoms with E-state index < -0.39 is 27.8 Å². The summed E-state index contributed by atoms with van der Waals surface area (Å²) in [4.78, 5) is 14.6. The highest BCUT2D eigenvalue weighted by Crippen LogP contribution is 2.23. The molecule has 0 aliphatic rings. The van der Waals surface area contributed by atoms with Crippen molar-refractivity contribution < 1.29 is 22.7 Å². The first-order valence-corrected chi connectivity index (χ1v) is 7.93. The summed E-state index contributed by atoms with van der Waals surface area (Å²) in [7, 11) is -3.87. The van der Waals surface area contributed by atoms with Crippen molar-refractivity contribution in [1.82, 2.24) is 9.71 Å². The van der Waals surface area contributed by atoms with E-state index in [0.29, 0.717) is 5.01 Å². The molecule has 0 saturated heterocycles. The van der Waals surface area contributed by atoms with Gasteiger partial charge in [0.15, 0.2) is 0 Å². The van der Waals surface area contributed by atoms with Crippen LogP contribution in [0.5, 0.6) is 0 Å². The summed E-state index contributed by atoms with van der Waals surface area (Å²) in [5, 5.41) is 11.2. The van der Waals surface area contributed by atoms with Crippen LogP contribution in [-0.4, -0.2) is 24.5 Å². The normalized spacial score (nSPS) is 13.3. The molecule has 2 heterocycles. The average Bonchev–Trinajstić information content (AvgIpc) is 2.96. The Bertz CT molecular complexity index is 718. The number of sulfonamides is 1. The number of hydrogen-bond acceptors (Lipinski definition) is 6. The van der Waals surface area contributed by atoms with E-state index in [9.17, 15) is 13.2 Å². The van der Waals surface area contributed by atoms with Crippen LogP contribution in [0.3, 0.4) is 0 Å². The highest BCUT2D eigenvalue weighted by atomic mass is 32.2. The van der Waals surface area contributed by atoms with Crippen LogP contribution < -0.4 is 4.72 Å². The molecule has 0 saturated carbocycles. The lowest BCUT2D eigenvalue weighted by molar-refractivity contribution is 0.0661. The monoisotopic (exact) mass is 316 g/mol. The summed E-state index contributed by atoms with van der Waals surface area (Å²) in [6, 6.07) is 0.483. The lowest BCUT2D eigenvalue weighted by Crippen LogP contribution is -2.27. The molecule has 1 atom stereocenters. The van der Waals surface area contributed by atoms with Crippen molar-refractivity contribution in [2.45, 2.75) is 24.8 Å². The molecule has 7 nitrogen and oxygen atoms in total. The van der Waals surface area contributed by atoms with Crippen molar-refractivity contribution in [3.8, 4) is 0 Å². The first-order valence-electron chi connectivity index (χ1n) is 5.56. The van der Waals surface area contributed by atoms with Crippen molar-refractivity contribution in [1.29, 1.82) is 0 Å². The van der Waals surface area contributed by atoms with Gasteiger partial charge in [0.2, 0.25) is 15.8 Å². The SMILES string of the molecule is Cc1oc(C(=O)O)cc1S(=O)(=O)NC(C)c1nccs1. The van der Waals surface area contributed by atoms with Gasteiger partial charge in [0.25, 0.3) is 0 Å². The number of thiazole rings is 1. The van der Waals surface area contributed by atoms with E-state index in [2.05, 4.69) is 9.71 Å². The molecule has 0 spiro atoms. The third kappa shape index (κ3) is 2.89. The maximum absolute atomic E-state index is 12.2. The highest BCUT2D eigenvalue weighted by molar-refractivity contribution is 7.89. The number of nitrogens with zero attached hydrogens (tertiary/aromatic N) is 1.